The van der Waals surface area contributed by atoms with E-state index in [-0.39, 0.29) is 28.8 Å². The molecular formula is C23H28N2O4. The SMILES string of the molecule is COC(=O)[C@@H]1C[C@@]23CCCN4CCC5(c6ccccc6N(C(=O)OC)[C@]15CC2)[C@@H]43. The molecule has 0 N–H and O–H groups in total. The Balaban J connectivity index is 1.69. The van der Waals surface area contributed by atoms with Gasteiger partial charge in [-0.2, -0.15) is 0 Å². The highest BCUT2D eigenvalue weighted by atomic mass is 16.5. The summed E-state index contributed by atoms with van der Waals surface area (Å²) in [6, 6.07) is 8.68. The van der Waals surface area contributed by atoms with Gasteiger partial charge in [0.1, 0.15) is 0 Å². The van der Waals surface area contributed by atoms with Crippen LogP contribution in [0.1, 0.15) is 44.1 Å². The van der Waals surface area contributed by atoms with E-state index in [0.29, 0.717) is 6.04 Å². The summed E-state index contributed by atoms with van der Waals surface area (Å²) in [4.78, 5) is 31.0. The molecule has 0 aromatic heterocycles. The van der Waals surface area contributed by atoms with E-state index >= 15 is 0 Å². The number of hydrogen-bond donors (Lipinski definition) is 0. The van der Waals surface area contributed by atoms with Gasteiger partial charge in [0, 0.05) is 11.5 Å². The molecule has 7 rings (SSSR count). The molecule has 0 radical (unpaired) electrons. The number of benzene rings is 1. The Bertz CT molecular complexity index is 918. The number of para-hydroxylation sites is 1. The van der Waals surface area contributed by atoms with Crippen molar-refractivity contribution in [2.45, 2.75) is 55.5 Å². The topological polar surface area (TPSA) is 59.1 Å². The Hall–Kier alpha value is -2.08. The first kappa shape index (κ1) is 17.8. The van der Waals surface area contributed by atoms with Gasteiger partial charge in [0.05, 0.1) is 31.4 Å². The average molecular weight is 396 g/mol. The summed E-state index contributed by atoms with van der Waals surface area (Å²) in [6.07, 6.45) is 5.69. The zero-order chi connectivity index (χ0) is 20.0. The van der Waals surface area contributed by atoms with Gasteiger partial charge in [-0.1, -0.05) is 18.2 Å². The van der Waals surface area contributed by atoms with Crippen LogP contribution in [0.15, 0.2) is 24.3 Å². The van der Waals surface area contributed by atoms with Crippen LogP contribution in [0.5, 0.6) is 0 Å². The molecule has 2 saturated heterocycles. The molecule has 6 heteroatoms. The molecule has 1 amide bonds. The van der Waals surface area contributed by atoms with E-state index < -0.39 is 5.54 Å². The molecule has 1 aromatic rings. The predicted octanol–water partition coefficient (Wildman–Crippen LogP) is 3.09. The molecule has 3 aliphatic carbocycles. The number of ether oxygens (including phenoxy) is 2. The third-order valence-electron chi connectivity index (χ3n) is 9.16. The third-order valence-corrected chi connectivity index (χ3v) is 9.16. The van der Waals surface area contributed by atoms with Crippen LogP contribution in [-0.2, 0) is 19.7 Å². The number of methoxy groups -OCH3 is 2. The van der Waals surface area contributed by atoms with Gasteiger partial charge in [0.25, 0.3) is 0 Å². The van der Waals surface area contributed by atoms with Crippen molar-refractivity contribution < 1.29 is 19.1 Å². The highest BCUT2D eigenvalue weighted by Gasteiger charge is 2.81. The second-order valence-corrected chi connectivity index (χ2v) is 9.65. The van der Waals surface area contributed by atoms with E-state index in [9.17, 15) is 9.59 Å². The third kappa shape index (κ3) is 1.72. The highest BCUT2D eigenvalue weighted by Crippen LogP contribution is 2.75. The Morgan fingerprint density at radius 3 is 2.66 bits per heavy atom. The standard InChI is InChI=1S/C23H28N2O4/c1-28-18(26)16-14-21-8-5-12-24-13-11-22(19(21)24)15-6-3-4-7-17(15)25(20(27)29-2)23(16,22)10-9-21/h3-4,6-7,16,19H,5,8-14H2,1-2H3/t16-,19-,21+,22?,23+/m0/s1. The molecule has 29 heavy (non-hydrogen) atoms. The number of rotatable bonds is 1. The Morgan fingerprint density at radius 1 is 1.03 bits per heavy atom. The lowest BCUT2D eigenvalue weighted by atomic mass is 9.38. The number of fused-ring (bicyclic) bond motifs is 3. The normalized spacial score (nSPS) is 41.5. The van der Waals surface area contributed by atoms with Gasteiger partial charge in [-0.05, 0) is 68.7 Å². The van der Waals surface area contributed by atoms with Crippen molar-refractivity contribution in [2.75, 3.05) is 32.2 Å². The fourth-order valence-corrected chi connectivity index (χ4v) is 8.59. The van der Waals surface area contributed by atoms with Crippen LogP contribution < -0.4 is 4.90 Å². The molecular weight excluding hydrogens is 368 g/mol. The molecule has 3 spiro atoms. The van der Waals surface area contributed by atoms with Crippen molar-refractivity contribution in [3.8, 4) is 0 Å². The zero-order valence-electron chi connectivity index (χ0n) is 17.1. The molecule has 3 aliphatic heterocycles. The molecule has 6 nitrogen and oxygen atoms in total. The van der Waals surface area contributed by atoms with Crippen LogP contribution >= 0.6 is 0 Å². The van der Waals surface area contributed by atoms with Gasteiger partial charge in [-0.25, -0.2) is 4.79 Å². The Labute approximate surface area is 171 Å². The molecule has 154 valence electrons. The van der Waals surface area contributed by atoms with E-state index in [1.165, 1.54) is 32.6 Å². The number of hydrogen-bond acceptors (Lipinski definition) is 5. The van der Waals surface area contributed by atoms with Crippen LogP contribution in [0.2, 0.25) is 0 Å². The van der Waals surface area contributed by atoms with Crippen molar-refractivity contribution in [3.63, 3.8) is 0 Å². The minimum atomic E-state index is -0.602. The second kappa shape index (κ2) is 5.54. The largest absolute Gasteiger partial charge is 0.469 e. The summed E-state index contributed by atoms with van der Waals surface area (Å²) in [5.41, 5.74) is 1.47. The number of amides is 1. The van der Waals surface area contributed by atoms with Crippen LogP contribution in [0.25, 0.3) is 0 Å². The van der Waals surface area contributed by atoms with E-state index in [1.807, 2.05) is 17.0 Å². The lowest BCUT2D eigenvalue weighted by molar-refractivity contribution is -0.174. The minimum Gasteiger partial charge on any atom is -0.469 e. The highest BCUT2D eigenvalue weighted by molar-refractivity contribution is 5.97. The first-order valence-corrected chi connectivity index (χ1v) is 10.9. The number of esters is 1. The molecule has 1 unspecified atom stereocenters. The van der Waals surface area contributed by atoms with Crippen LogP contribution in [-0.4, -0.2) is 55.9 Å². The first-order valence-electron chi connectivity index (χ1n) is 10.9. The number of nitrogens with zero attached hydrogens (tertiary/aromatic N) is 2. The smallest absolute Gasteiger partial charge is 0.414 e. The fourth-order valence-electron chi connectivity index (χ4n) is 8.59. The van der Waals surface area contributed by atoms with Crippen molar-refractivity contribution in [2.24, 2.45) is 11.3 Å². The lowest BCUT2D eigenvalue weighted by Gasteiger charge is -2.69. The molecule has 1 aromatic carbocycles. The minimum absolute atomic E-state index is 0.134. The molecule has 5 atom stereocenters. The van der Waals surface area contributed by atoms with E-state index in [4.69, 9.17) is 9.47 Å². The van der Waals surface area contributed by atoms with Crippen molar-refractivity contribution in [1.82, 2.24) is 4.90 Å². The fraction of sp³-hybridized carbons (Fsp3) is 0.652. The van der Waals surface area contributed by atoms with E-state index in [2.05, 4.69) is 17.0 Å². The van der Waals surface area contributed by atoms with Crippen LogP contribution in [0.4, 0.5) is 10.5 Å². The first-order chi connectivity index (χ1) is 14.1. The maximum Gasteiger partial charge on any atom is 0.414 e. The van der Waals surface area contributed by atoms with Crippen molar-refractivity contribution in [1.29, 1.82) is 0 Å². The quantitative estimate of drug-likeness (QED) is 0.683. The maximum atomic E-state index is 13.2. The van der Waals surface area contributed by atoms with Crippen LogP contribution in [0.3, 0.4) is 0 Å². The van der Waals surface area contributed by atoms with Crippen LogP contribution in [0, 0.1) is 11.3 Å². The molecule has 3 heterocycles. The van der Waals surface area contributed by atoms with Gasteiger partial charge in [0.2, 0.25) is 0 Å². The summed E-state index contributed by atoms with van der Waals surface area (Å²) in [6.45, 7) is 2.15. The lowest BCUT2D eigenvalue weighted by Crippen LogP contribution is -2.79. The number of anilines is 1. The summed E-state index contributed by atoms with van der Waals surface area (Å²) in [5.74, 6) is -0.491. The Kier molecular flexibility index (Phi) is 3.39. The molecule has 5 fully saturated rings. The average Bonchev–Trinajstić information content (AvgIpc) is 3.29. The van der Waals surface area contributed by atoms with Gasteiger partial charge in [-0.3, -0.25) is 14.6 Å². The van der Waals surface area contributed by atoms with Crippen molar-refractivity contribution in [3.05, 3.63) is 29.8 Å². The molecule has 3 saturated carbocycles. The summed E-state index contributed by atoms with van der Waals surface area (Å²) in [7, 11) is 2.92. The summed E-state index contributed by atoms with van der Waals surface area (Å²) >= 11 is 0. The van der Waals surface area contributed by atoms with E-state index in [1.54, 1.807) is 0 Å². The molecule has 6 aliphatic rings. The van der Waals surface area contributed by atoms with Gasteiger partial charge >= 0.3 is 12.1 Å². The number of carbonyl (C=O) groups is 2. The monoisotopic (exact) mass is 396 g/mol. The summed E-state index contributed by atoms with van der Waals surface area (Å²) < 4.78 is 10.7. The Morgan fingerprint density at radius 2 is 1.86 bits per heavy atom. The van der Waals surface area contributed by atoms with Gasteiger partial charge in [0.15, 0.2) is 0 Å². The van der Waals surface area contributed by atoms with Gasteiger partial charge in [-0.15, -0.1) is 0 Å². The zero-order valence-corrected chi connectivity index (χ0v) is 17.1. The maximum absolute atomic E-state index is 13.2. The molecule has 2 bridgehead atoms. The number of piperidine rings is 1. The predicted molar refractivity (Wildman–Crippen MR) is 107 cm³/mol. The van der Waals surface area contributed by atoms with E-state index in [0.717, 1.165) is 44.5 Å². The van der Waals surface area contributed by atoms with Gasteiger partial charge < -0.3 is 9.47 Å². The number of carbonyl (C=O) groups excluding carboxylic acids is 2. The second-order valence-electron chi connectivity index (χ2n) is 9.65. The summed E-state index contributed by atoms with van der Waals surface area (Å²) in [5, 5.41) is 0. The van der Waals surface area contributed by atoms with Crippen molar-refractivity contribution >= 4 is 17.7 Å².